The third-order valence-corrected chi connectivity index (χ3v) is 7.17. The normalized spacial score (nSPS) is 12.2. The van der Waals surface area contributed by atoms with E-state index in [1.165, 1.54) is 69.5 Å². The zero-order chi connectivity index (χ0) is 24.0. The molecular weight excluding hydrogens is 424 g/mol. The van der Waals surface area contributed by atoms with Crippen molar-refractivity contribution in [2.75, 3.05) is 6.61 Å². The predicted molar refractivity (Wildman–Crippen MR) is 151 cm³/mol. The van der Waals surface area contributed by atoms with Gasteiger partial charge in [-0.3, -0.25) is 0 Å². The summed E-state index contributed by atoms with van der Waals surface area (Å²) in [7, 11) is 0. The smallest absolute Gasteiger partial charge is 0.119 e. The summed E-state index contributed by atoms with van der Waals surface area (Å²) < 4.78 is 6.20. The van der Waals surface area contributed by atoms with Gasteiger partial charge in [-0.15, -0.1) is 0 Å². The van der Waals surface area contributed by atoms with Crippen molar-refractivity contribution in [3.8, 4) is 28.0 Å². The lowest BCUT2D eigenvalue weighted by atomic mass is 9.86. The van der Waals surface area contributed by atoms with E-state index in [9.17, 15) is 0 Å². The predicted octanol–water partition coefficient (Wildman–Crippen LogP) is 9.92. The maximum absolute atomic E-state index is 6.20. The topological polar surface area (TPSA) is 9.23 Å². The zero-order valence-corrected chi connectivity index (χ0v) is 20.8. The molecule has 5 aromatic rings. The van der Waals surface area contributed by atoms with Crippen LogP contribution in [0.3, 0.4) is 0 Å². The number of fused-ring (bicyclic) bond motifs is 2. The highest BCUT2D eigenvalue weighted by Crippen LogP contribution is 2.43. The van der Waals surface area contributed by atoms with Crippen LogP contribution < -0.4 is 4.74 Å². The van der Waals surface area contributed by atoms with E-state index >= 15 is 0 Å². The molecule has 35 heavy (non-hydrogen) atoms. The Bertz CT molecular complexity index is 1340. The number of unbranched alkanes of at least 4 members (excludes halogenated alkanes) is 1. The molecule has 0 aliphatic heterocycles. The number of hydrogen-bond donors (Lipinski definition) is 0. The molecule has 0 N–H and O–H groups in total. The van der Waals surface area contributed by atoms with Crippen molar-refractivity contribution in [2.24, 2.45) is 5.92 Å². The van der Waals surface area contributed by atoms with Crippen LogP contribution in [0, 0.1) is 5.92 Å². The Hall–Kier alpha value is -3.58. The third-order valence-electron chi connectivity index (χ3n) is 7.17. The molecule has 0 aliphatic carbocycles. The van der Waals surface area contributed by atoms with Crippen molar-refractivity contribution in [1.29, 1.82) is 0 Å². The fourth-order valence-corrected chi connectivity index (χ4v) is 5.19. The Labute approximate surface area is 209 Å². The molecule has 1 unspecified atom stereocenters. The second-order valence-corrected chi connectivity index (χ2v) is 9.46. The maximum atomic E-state index is 6.20. The number of benzene rings is 5. The van der Waals surface area contributed by atoms with E-state index in [2.05, 4.69) is 117 Å². The molecule has 1 nitrogen and oxygen atoms in total. The largest absolute Gasteiger partial charge is 0.493 e. The highest BCUT2D eigenvalue weighted by molar-refractivity contribution is 6.21. The average molecular weight is 459 g/mol. The van der Waals surface area contributed by atoms with Crippen molar-refractivity contribution in [1.82, 2.24) is 0 Å². The van der Waals surface area contributed by atoms with Gasteiger partial charge in [-0.2, -0.15) is 0 Å². The molecule has 5 aromatic carbocycles. The minimum Gasteiger partial charge on any atom is -0.493 e. The van der Waals surface area contributed by atoms with Gasteiger partial charge in [-0.25, -0.2) is 0 Å². The molecule has 0 aromatic heterocycles. The molecule has 1 heteroatoms. The number of hydrogen-bond acceptors (Lipinski definition) is 1. The summed E-state index contributed by atoms with van der Waals surface area (Å²) in [5.41, 5.74) is 5.07. The van der Waals surface area contributed by atoms with Gasteiger partial charge in [0.2, 0.25) is 0 Å². The van der Waals surface area contributed by atoms with E-state index in [1.54, 1.807) is 0 Å². The SMILES string of the molecule is CCCCC(CC)COc1ccc(-c2c3ccccc3c(-c3ccccc3)c3ccccc23)cc1. The van der Waals surface area contributed by atoms with Gasteiger partial charge in [0.05, 0.1) is 6.61 Å². The second kappa shape index (κ2) is 10.8. The van der Waals surface area contributed by atoms with Crippen molar-refractivity contribution >= 4 is 21.5 Å². The van der Waals surface area contributed by atoms with Crippen LogP contribution in [-0.2, 0) is 0 Å². The quantitative estimate of drug-likeness (QED) is 0.200. The molecule has 0 radical (unpaired) electrons. The van der Waals surface area contributed by atoms with E-state index in [0.29, 0.717) is 5.92 Å². The summed E-state index contributed by atoms with van der Waals surface area (Å²) >= 11 is 0. The molecule has 0 fully saturated rings. The van der Waals surface area contributed by atoms with Gasteiger partial charge < -0.3 is 4.74 Å². The van der Waals surface area contributed by atoms with Gasteiger partial charge in [0.25, 0.3) is 0 Å². The molecule has 1 atom stereocenters. The lowest BCUT2D eigenvalue weighted by Crippen LogP contribution is -2.11. The van der Waals surface area contributed by atoms with Crippen LogP contribution in [0.1, 0.15) is 39.5 Å². The average Bonchev–Trinajstić information content (AvgIpc) is 2.92. The summed E-state index contributed by atoms with van der Waals surface area (Å²) in [6.07, 6.45) is 4.94. The van der Waals surface area contributed by atoms with Crippen LogP contribution in [0.4, 0.5) is 0 Å². The van der Waals surface area contributed by atoms with Crippen LogP contribution in [-0.4, -0.2) is 6.61 Å². The fraction of sp³-hybridized carbons (Fsp3) is 0.235. The van der Waals surface area contributed by atoms with Crippen LogP contribution in [0.5, 0.6) is 5.75 Å². The van der Waals surface area contributed by atoms with Crippen LogP contribution in [0.2, 0.25) is 0 Å². The van der Waals surface area contributed by atoms with Crippen molar-refractivity contribution < 1.29 is 4.74 Å². The number of rotatable bonds is 9. The molecule has 0 saturated heterocycles. The standard InChI is InChI=1S/C34H34O/c1-3-5-13-25(4-2)24-35-28-22-20-27(21-23-28)34-31-18-11-9-16-29(31)33(26-14-7-6-8-15-26)30-17-10-12-19-32(30)34/h6-12,14-23,25H,3-5,13,24H2,1-2H3. The third kappa shape index (κ3) is 4.82. The van der Waals surface area contributed by atoms with Crippen LogP contribution in [0.25, 0.3) is 43.8 Å². The lowest BCUT2D eigenvalue weighted by Gasteiger charge is -2.18. The highest BCUT2D eigenvalue weighted by atomic mass is 16.5. The first-order valence-electron chi connectivity index (χ1n) is 13.0. The summed E-state index contributed by atoms with van der Waals surface area (Å²) in [5, 5.41) is 5.14. The Morgan fingerprint density at radius 3 is 1.54 bits per heavy atom. The van der Waals surface area contributed by atoms with Gasteiger partial charge in [-0.05, 0) is 68.3 Å². The van der Waals surface area contributed by atoms with E-state index in [-0.39, 0.29) is 0 Å². The molecule has 0 heterocycles. The van der Waals surface area contributed by atoms with E-state index < -0.39 is 0 Å². The first kappa shape index (κ1) is 23.2. The Morgan fingerprint density at radius 2 is 1.06 bits per heavy atom. The Balaban J connectivity index is 1.57. The van der Waals surface area contributed by atoms with E-state index in [4.69, 9.17) is 4.74 Å². The van der Waals surface area contributed by atoms with Gasteiger partial charge in [-0.1, -0.05) is 124 Å². The van der Waals surface area contributed by atoms with Crippen molar-refractivity contribution in [2.45, 2.75) is 39.5 Å². The molecule has 0 aliphatic rings. The molecule has 0 spiro atoms. The Morgan fingerprint density at radius 1 is 0.571 bits per heavy atom. The molecule has 0 amide bonds. The van der Waals surface area contributed by atoms with Crippen LogP contribution in [0.15, 0.2) is 103 Å². The highest BCUT2D eigenvalue weighted by Gasteiger charge is 2.16. The van der Waals surface area contributed by atoms with Crippen LogP contribution >= 0.6 is 0 Å². The first-order chi connectivity index (χ1) is 17.3. The van der Waals surface area contributed by atoms with Gasteiger partial charge in [0.1, 0.15) is 5.75 Å². The Kier molecular flexibility index (Phi) is 7.14. The molecular formula is C34H34O. The van der Waals surface area contributed by atoms with Crippen molar-refractivity contribution in [3.63, 3.8) is 0 Å². The lowest BCUT2D eigenvalue weighted by molar-refractivity contribution is 0.233. The number of ether oxygens (including phenoxy) is 1. The summed E-state index contributed by atoms with van der Waals surface area (Å²) in [6.45, 7) is 5.32. The fourth-order valence-electron chi connectivity index (χ4n) is 5.19. The van der Waals surface area contributed by atoms with Gasteiger partial charge in [0.15, 0.2) is 0 Å². The van der Waals surface area contributed by atoms with Crippen molar-refractivity contribution in [3.05, 3.63) is 103 Å². The second-order valence-electron chi connectivity index (χ2n) is 9.46. The minimum absolute atomic E-state index is 0.632. The van der Waals surface area contributed by atoms with Gasteiger partial charge >= 0.3 is 0 Å². The van der Waals surface area contributed by atoms with E-state index in [0.717, 1.165) is 12.4 Å². The first-order valence-corrected chi connectivity index (χ1v) is 13.0. The molecule has 176 valence electrons. The van der Waals surface area contributed by atoms with E-state index in [1.807, 2.05) is 0 Å². The molecule has 0 saturated carbocycles. The monoisotopic (exact) mass is 458 g/mol. The summed E-state index contributed by atoms with van der Waals surface area (Å²) in [6, 6.07) is 37.1. The summed E-state index contributed by atoms with van der Waals surface area (Å²) in [5.74, 6) is 1.59. The van der Waals surface area contributed by atoms with Gasteiger partial charge in [0, 0.05) is 0 Å². The summed E-state index contributed by atoms with van der Waals surface area (Å²) in [4.78, 5) is 0. The zero-order valence-electron chi connectivity index (χ0n) is 20.8. The minimum atomic E-state index is 0.632. The molecule has 5 rings (SSSR count). The molecule has 0 bridgehead atoms. The maximum Gasteiger partial charge on any atom is 0.119 e.